The van der Waals surface area contributed by atoms with E-state index in [1.807, 2.05) is 36.1 Å². The number of carbonyl (C=O) groups is 2. The molecule has 2 aliphatic rings. The summed E-state index contributed by atoms with van der Waals surface area (Å²) in [5.41, 5.74) is 1.62. The molecule has 0 aliphatic carbocycles. The van der Waals surface area contributed by atoms with E-state index in [1.165, 1.54) is 0 Å². The van der Waals surface area contributed by atoms with Crippen molar-refractivity contribution in [1.29, 1.82) is 0 Å². The number of likely N-dealkylation sites (tertiary alicyclic amines) is 1. The second-order valence-corrected chi connectivity index (χ2v) is 7.97. The Morgan fingerprint density at radius 3 is 2.48 bits per heavy atom. The first-order chi connectivity index (χ1) is 14.0. The van der Waals surface area contributed by atoms with E-state index in [-0.39, 0.29) is 30.3 Å². The maximum Gasteiger partial charge on any atom is 0.233 e. The van der Waals surface area contributed by atoms with Crippen LogP contribution in [-0.4, -0.2) is 52.6 Å². The maximum absolute atomic E-state index is 12.9. The van der Waals surface area contributed by atoms with Gasteiger partial charge in [0.15, 0.2) is 0 Å². The average Bonchev–Trinajstić information content (AvgIpc) is 3.12. The van der Waals surface area contributed by atoms with E-state index in [0.717, 1.165) is 24.2 Å². The molecule has 2 saturated heterocycles. The third-order valence-electron chi connectivity index (χ3n) is 5.43. The number of ether oxygens (including phenoxy) is 1. The van der Waals surface area contributed by atoms with Gasteiger partial charge >= 0.3 is 0 Å². The topological polar surface area (TPSA) is 75.6 Å². The highest BCUT2D eigenvalue weighted by Gasteiger charge is 2.38. The number of aromatic nitrogens is 2. The molecule has 0 spiro atoms. The fraction of sp³-hybridized carbons (Fsp3) is 0.429. The zero-order chi connectivity index (χ0) is 20.4. The molecule has 7 nitrogen and oxygen atoms in total. The number of halogens is 1. The van der Waals surface area contributed by atoms with Crippen molar-refractivity contribution < 1.29 is 14.3 Å². The van der Waals surface area contributed by atoms with Crippen LogP contribution in [0.1, 0.15) is 25.0 Å². The van der Waals surface area contributed by atoms with Gasteiger partial charge in [0.2, 0.25) is 17.7 Å². The summed E-state index contributed by atoms with van der Waals surface area (Å²) in [5.74, 6) is 0.226. The fourth-order valence-electron chi connectivity index (χ4n) is 3.82. The number of hydrogen-bond acceptors (Lipinski definition) is 5. The molecule has 1 unspecified atom stereocenters. The van der Waals surface area contributed by atoms with Gasteiger partial charge in [-0.1, -0.05) is 11.6 Å². The second kappa shape index (κ2) is 8.37. The van der Waals surface area contributed by atoms with Gasteiger partial charge < -0.3 is 14.5 Å². The molecule has 8 heteroatoms. The first-order valence-electron chi connectivity index (χ1n) is 9.81. The van der Waals surface area contributed by atoms with Crippen LogP contribution < -0.4 is 9.64 Å². The highest BCUT2D eigenvalue weighted by atomic mass is 35.5. The van der Waals surface area contributed by atoms with Crippen molar-refractivity contribution in [3.05, 3.63) is 47.1 Å². The minimum absolute atomic E-state index is 0.0202. The molecular formula is C21H23ClN4O3. The van der Waals surface area contributed by atoms with E-state index >= 15 is 0 Å². The lowest BCUT2D eigenvalue weighted by atomic mass is 10.0. The summed E-state index contributed by atoms with van der Waals surface area (Å²) in [5, 5.41) is 8.66. The number of hydrogen-bond donors (Lipinski definition) is 0. The normalized spacial score (nSPS) is 20.2. The van der Waals surface area contributed by atoms with Crippen LogP contribution in [-0.2, 0) is 9.59 Å². The summed E-state index contributed by atoms with van der Waals surface area (Å²) in [6, 6.07) is 10.8. The SMILES string of the molecule is Cc1ccc(OC2CCN(C(=O)C3CC(=O)N(c4ccc(Cl)cc4)C3)CC2)nn1. The smallest absolute Gasteiger partial charge is 0.233 e. The largest absolute Gasteiger partial charge is 0.473 e. The minimum atomic E-state index is -0.307. The Morgan fingerprint density at radius 2 is 1.83 bits per heavy atom. The van der Waals surface area contributed by atoms with Crippen LogP contribution in [0.5, 0.6) is 5.88 Å². The summed E-state index contributed by atoms with van der Waals surface area (Å²) in [6.45, 7) is 3.53. The number of rotatable bonds is 4. The molecule has 1 aromatic carbocycles. The molecular weight excluding hydrogens is 392 g/mol. The minimum Gasteiger partial charge on any atom is -0.473 e. The molecule has 2 aromatic rings. The van der Waals surface area contributed by atoms with Crippen molar-refractivity contribution in [1.82, 2.24) is 15.1 Å². The predicted molar refractivity (Wildman–Crippen MR) is 109 cm³/mol. The molecule has 3 heterocycles. The van der Waals surface area contributed by atoms with Crippen LogP contribution >= 0.6 is 11.6 Å². The summed E-state index contributed by atoms with van der Waals surface area (Å²) in [7, 11) is 0. The standard InChI is InChI=1S/C21H23ClN4O3/c1-14-2-7-19(24-23-14)29-18-8-10-25(11-9-18)21(28)15-12-20(27)26(13-15)17-5-3-16(22)4-6-17/h2-7,15,18H,8-13H2,1H3. The highest BCUT2D eigenvalue weighted by Crippen LogP contribution is 2.28. The van der Waals surface area contributed by atoms with Gasteiger partial charge in [0.05, 0.1) is 11.6 Å². The van der Waals surface area contributed by atoms with Crippen LogP contribution in [0.2, 0.25) is 5.02 Å². The summed E-state index contributed by atoms with van der Waals surface area (Å²) in [4.78, 5) is 28.9. The fourth-order valence-corrected chi connectivity index (χ4v) is 3.94. The summed E-state index contributed by atoms with van der Waals surface area (Å²) < 4.78 is 5.88. The van der Waals surface area contributed by atoms with Gasteiger partial charge in [-0.2, -0.15) is 5.10 Å². The van der Waals surface area contributed by atoms with Gasteiger partial charge in [0.1, 0.15) is 6.10 Å². The molecule has 0 radical (unpaired) electrons. The third kappa shape index (κ3) is 4.50. The van der Waals surface area contributed by atoms with E-state index in [4.69, 9.17) is 16.3 Å². The van der Waals surface area contributed by atoms with E-state index in [0.29, 0.717) is 30.5 Å². The van der Waals surface area contributed by atoms with Crippen LogP contribution in [0.25, 0.3) is 0 Å². The lowest BCUT2D eigenvalue weighted by molar-refractivity contribution is -0.137. The molecule has 4 rings (SSSR count). The van der Waals surface area contributed by atoms with Crippen molar-refractivity contribution in [2.75, 3.05) is 24.5 Å². The lowest BCUT2D eigenvalue weighted by Gasteiger charge is -2.33. The maximum atomic E-state index is 12.9. The molecule has 0 bridgehead atoms. The number of amides is 2. The average molecular weight is 415 g/mol. The molecule has 1 atom stereocenters. The highest BCUT2D eigenvalue weighted by molar-refractivity contribution is 6.30. The lowest BCUT2D eigenvalue weighted by Crippen LogP contribution is -2.45. The monoisotopic (exact) mass is 414 g/mol. The molecule has 2 fully saturated rings. The Balaban J connectivity index is 1.31. The van der Waals surface area contributed by atoms with Crippen molar-refractivity contribution in [3.8, 4) is 5.88 Å². The zero-order valence-electron chi connectivity index (χ0n) is 16.3. The number of anilines is 1. The van der Waals surface area contributed by atoms with Crippen LogP contribution in [0, 0.1) is 12.8 Å². The Kier molecular flexibility index (Phi) is 5.67. The Morgan fingerprint density at radius 1 is 1.10 bits per heavy atom. The van der Waals surface area contributed by atoms with Crippen LogP contribution in [0.3, 0.4) is 0 Å². The quantitative estimate of drug-likeness (QED) is 0.768. The molecule has 2 amide bonds. The Labute approximate surface area is 174 Å². The number of carbonyl (C=O) groups excluding carboxylic acids is 2. The van der Waals surface area contributed by atoms with Gasteiger partial charge in [0, 0.05) is 55.7 Å². The first-order valence-corrected chi connectivity index (χ1v) is 10.2. The van der Waals surface area contributed by atoms with Gasteiger partial charge in [-0.05, 0) is 37.3 Å². The Hall–Kier alpha value is -2.67. The van der Waals surface area contributed by atoms with Crippen molar-refractivity contribution in [2.24, 2.45) is 5.92 Å². The van der Waals surface area contributed by atoms with Gasteiger partial charge in [0.25, 0.3) is 0 Å². The predicted octanol–water partition coefficient (Wildman–Crippen LogP) is 2.86. The molecule has 152 valence electrons. The number of piperidine rings is 1. The van der Waals surface area contributed by atoms with Gasteiger partial charge in [-0.3, -0.25) is 9.59 Å². The summed E-state index contributed by atoms with van der Waals surface area (Å²) in [6.07, 6.45) is 1.74. The molecule has 1 aromatic heterocycles. The van der Waals surface area contributed by atoms with Crippen molar-refractivity contribution >= 4 is 29.1 Å². The first kappa shape index (κ1) is 19.6. The van der Waals surface area contributed by atoms with Gasteiger partial charge in [-0.15, -0.1) is 5.10 Å². The number of nitrogens with zero attached hydrogens (tertiary/aromatic N) is 4. The molecule has 2 aliphatic heterocycles. The zero-order valence-corrected chi connectivity index (χ0v) is 17.0. The van der Waals surface area contributed by atoms with Crippen LogP contribution in [0.15, 0.2) is 36.4 Å². The molecule has 0 N–H and O–H groups in total. The van der Waals surface area contributed by atoms with E-state index in [9.17, 15) is 9.59 Å². The molecule has 0 saturated carbocycles. The van der Waals surface area contributed by atoms with Crippen molar-refractivity contribution in [3.63, 3.8) is 0 Å². The van der Waals surface area contributed by atoms with E-state index in [1.54, 1.807) is 17.0 Å². The van der Waals surface area contributed by atoms with E-state index < -0.39 is 0 Å². The van der Waals surface area contributed by atoms with Crippen LogP contribution in [0.4, 0.5) is 5.69 Å². The third-order valence-corrected chi connectivity index (χ3v) is 5.68. The number of benzene rings is 1. The van der Waals surface area contributed by atoms with E-state index in [2.05, 4.69) is 10.2 Å². The summed E-state index contributed by atoms with van der Waals surface area (Å²) >= 11 is 5.92. The Bertz CT molecular complexity index is 880. The second-order valence-electron chi connectivity index (χ2n) is 7.54. The van der Waals surface area contributed by atoms with Crippen molar-refractivity contribution in [2.45, 2.75) is 32.3 Å². The van der Waals surface area contributed by atoms with Gasteiger partial charge in [-0.25, -0.2) is 0 Å². The molecule has 29 heavy (non-hydrogen) atoms. The number of aryl methyl sites for hydroxylation is 1.